The maximum Gasteiger partial charge on any atom is 0.227 e. The van der Waals surface area contributed by atoms with Gasteiger partial charge in [-0.1, -0.05) is 91.0 Å². The van der Waals surface area contributed by atoms with Gasteiger partial charge in [0.15, 0.2) is 5.58 Å². The van der Waals surface area contributed by atoms with E-state index >= 15 is 0 Å². The van der Waals surface area contributed by atoms with Gasteiger partial charge >= 0.3 is 0 Å². The van der Waals surface area contributed by atoms with Crippen LogP contribution in [0.4, 0.5) is 17.1 Å². The number of para-hydroxylation sites is 1. The molecule has 0 atom stereocenters. The van der Waals surface area contributed by atoms with Crippen LogP contribution >= 0.6 is 11.3 Å². The summed E-state index contributed by atoms with van der Waals surface area (Å²) in [5, 5.41) is 4.82. The summed E-state index contributed by atoms with van der Waals surface area (Å²) in [7, 11) is 0. The maximum absolute atomic E-state index is 6.15. The predicted octanol–water partition coefficient (Wildman–Crippen LogP) is 12.2. The summed E-state index contributed by atoms with van der Waals surface area (Å²) in [5.41, 5.74) is 8.41. The van der Waals surface area contributed by atoms with E-state index < -0.39 is 0 Å². The highest BCUT2D eigenvalue weighted by Crippen LogP contribution is 2.42. The summed E-state index contributed by atoms with van der Waals surface area (Å²) in [6.07, 6.45) is 0. The normalized spacial score (nSPS) is 11.6. The Balaban J connectivity index is 1.13. The molecule has 2 heterocycles. The van der Waals surface area contributed by atoms with Crippen LogP contribution in [0.25, 0.3) is 64.6 Å². The second-order valence-electron chi connectivity index (χ2n) is 11.2. The van der Waals surface area contributed by atoms with E-state index in [1.54, 1.807) is 0 Å². The first kappa shape index (κ1) is 25.8. The van der Waals surface area contributed by atoms with E-state index in [2.05, 4.69) is 126 Å². The van der Waals surface area contributed by atoms with Gasteiger partial charge in [-0.25, -0.2) is 4.98 Å². The molecule has 212 valence electrons. The van der Waals surface area contributed by atoms with Crippen molar-refractivity contribution in [2.45, 2.75) is 0 Å². The number of rotatable bonds is 5. The highest BCUT2D eigenvalue weighted by molar-refractivity contribution is 7.26. The van der Waals surface area contributed by atoms with Crippen molar-refractivity contribution >= 4 is 70.4 Å². The minimum atomic E-state index is 0.638. The Kier molecular flexibility index (Phi) is 6.00. The number of nitrogens with zero attached hydrogens (tertiary/aromatic N) is 2. The van der Waals surface area contributed by atoms with Crippen LogP contribution in [0, 0.1) is 0 Å². The molecule has 0 aliphatic carbocycles. The lowest BCUT2D eigenvalue weighted by molar-refractivity contribution is 0.620. The number of hydrogen-bond acceptors (Lipinski definition) is 4. The SMILES string of the molecule is c1ccc(-c2nc3c(ccc4cc(N(c5ccccc5)c5ccc(-c6cccc7c6sc6ccccc67)cc5)ccc43)o2)cc1. The number of thiophene rings is 1. The zero-order valence-electron chi connectivity index (χ0n) is 24.2. The Labute approximate surface area is 264 Å². The molecule has 7 aromatic carbocycles. The zero-order chi connectivity index (χ0) is 29.7. The van der Waals surface area contributed by atoms with Crippen LogP contribution in [0.15, 0.2) is 162 Å². The molecule has 3 nitrogen and oxygen atoms in total. The van der Waals surface area contributed by atoms with Crippen molar-refractivity contribution in [2.24, 2.45) is 0 Å². The fourth-order valence-corrected chi connectivity index (χ4v) is 7.58. The first-order valence-corrected chi connectivity index (χ1v) is 15.9. The first-order chi connectivity index (χ1) is 22.3. The summed E-state index contributed by atoms with van der Waals surface area (Å²) in [5.74, 6) is 0.638. The average molecular weight is 595 g/mol. The Morgan fingerprint density at radius 2 is 1.22 bits per heavy atom. The Bertz CT molecular complexity index is 2480. The number of oxazole rings is 1. The van der Waals surface area contributed by atoms with E-state index in [1.807, 2.05) is 47.7 Å². The molecule has 0 aliphatic rings. The molecule has 0 aliphatic heterocycles. The highest BCUT2D eigenvalue weighted by atomic mass is 32.1. The number of hydrogen-bond donors (Lipinski definition) is 0. The van der Waals surface area contributed by atoms with Gasteiger partial charge in [0.05, 0.1) is 0 Å². The Hall–Kier alpha value is -5.71. The minimum absolute atomic E-state index is 0.638. The monoisotopic (exact) mass is 594 g/mol. The maximum atomic E-state index is 6.15. The molecule has 2 aromatic heterocycles. The smallest absolute Gasteiger partial charge is 0.227 e. The molecule has 0 amide bonds. The van der Waals surface area contributed by atoms with Crippen LogP contribution in [0.1, 0.15) is 0 Å². The molecule has 0 radical (unpaired) electrons. The molecule has 0 saturated heterocycles. The third-order valence-corrected chi connectivity index (χ3v) is 9.71. The fourth-order valence-electron chi connectivity index (χ4n) is 6.34. The van der Waals surface area contributed by atoms with Gasteiger partial charge in [0.1, 0.15) is 5.52 Å². The standard InChI is InChI=1S/C41H26N2OS/c1-3-10-28(11-4-1)41-42-39-33-24-23-32(26-29(33)20-25-37(39)44-41)43(30-12-5-2-6-13-30)31-21-18-27(19-22-31)34-15-9-16-36-35-14-7-8-17-38(35)45-40(34)36/h1-26H. The number of benzene rings is 7. The van der Waals surface area contributed by atoms with E-state index in [0.717, 1.165) is 44.5 Å². The fraction of sp³-hybridized carbons (Fsp3) is 0. The highest BCUT2D eigenvalue weighted by Gasteiger charge is 2.17. The van der Waals surface area contributed by atoms with Gasteiger partial charge < -0.3 is 9.32 Å². The molecular weight excluding hydrogens is 569 g/mol. The van der Waals surface area contributed by atoms with Crippen LogP contribution in [0.3, 0.4) is 0 Å². The van der Waals surface area contributed by atoms with E-state index in [9.17, 15) is 0 Å². The number of fused-ring (bicyclic) bond motifs is 6. The lowest BCUT2D eigenvalue weighted by Gasteiger charge is -2.26. The molecule has 0 saturated carbocycles. The van der Waals surface area contributed by atoms with E-state index in [0.29, 0.717) is 5.89 Å². The quantitative estimate of drug-likeness (QED) is 0.198. The van der Waals surface area contributed by atoms with Crippen molar-refractivity contribution in [3.05, 3.63) is 158 Å². The number of aromatic nitrogens is 1. The van der Waals surface area contributed by atoms with Crippen LogP contribution < -0.4 is 4.90 Å². The van der Waals surface area contributed by atoms with Crippen molar-refractivity contribution in [1.82, 2.24) is 4.98 Å². The zero-order valence-corrected chi connectivity index (χ0v) is 25.0. The molecule has 45 heavy (non-hydrogen) atoms. The van der Waals surface area contributed by atoms with Crippen molar-refractivity contribution in [3.8, 4) is 22.6 Å². The summed E-state index contributed by atoms with van der Waals surface area (Å²) in [4.78, 5) is 7.21. The van der Waals surface area contributed by atoms with Crippen LogP contribution in [0.2, 0.25) is 0 Å². The third kappa shape index (κ3) is 4.38. The van der Waals surface area contributed by atoms with Gasteiger partial charge in [-0.2, -0.15) is 0 Å². The summed E-state index contributed by atoms with van der Waals surface area (Å²) in [6, 6.07) is 55.6. The van der Waals surface area contributed by atoms with Gasteiger partial charge in [-0.05, 0) is 83.2 Å². The van der Waals surface area contributed by atoms with Gasteiger partial charge in [-0.3, -0.25) is 0 Å². The molecule has 0 spiro atoms. The lowest BCUT2D eigenvalue weighted by atomic mass is 10.0. The minimum Gasteiger partial charge on any atom is -0.436 e. The second kappa shape index (κ2) is 10.5. The molecule has 9 rings (SSSR count). The topological polar surface area (TPSA) is 29.3 Å². The van der Waals surface area contributed by atoms with Crippen LogP contribution in [0.5, 0.6) is 0 Å². The Morgan fingerprint density at radius 3 is 2.07 bits per heavy atom. The molecule has 9 aromatic rings. The van der Waals surface area contributed by atoms with Crippen molar-refractivity contribution < 1.29 is 4.42 Å². The van der Waals surface area contributed by atoms with Gasteiger partial charge in [-0.15, -0.1) is 11.3 Å². The molecule has 0 bridgehead atoms. The van der Waals surface area contributed by atoms with Crippen molar-refractivity contribution in [1.29, 1.82) is 0 Å². The molecule has 0 unspecified atom stereocenters. The van der Waals surface area contributed by atoms with Crippen LogP contribution in [-0.4, -0.2) is 4.98 Å². The van der Waals surface area contributed by atoms with Gasteiger partial charge in [0.2, 0.25) is 5.89 Å². The molecule has 4 heteroatoms. The van der Waals surface area contributed by atoms with Crippen molar-refractivity contribution in [3.63, 3.8) is 0 Å². The molecule has 0 N–H and O–H groups in total. The Morgan fingerprint density at radius 1 is 0.511 bits per heavy atom. The average Bonchev–Trinajstić information content (AvgIpc) is 3.72. The van der Waals surface area contributed by atoms with Gasteiger partial charge in [0.25, 0.3) is 0 Å². The number of anilines is 3. The van der Waals surface area contributed by atoms with E-state index in [4.69, 9.17) is 9.40 Å². The predicted molar refractivity (Wildman–Crippen MR) is 190 cm³/mol. The first-order valence-electron chi connectivity index (χ1n) is 15.0. The van der Waals surface area contributed by atoms with E-state index in [1.165, 1.54) is 31.3 Å². The second-order valence-corrected chi connectivity index (χ2v) is 12.3. The summed E-state index contributed by atoms with van der Waals surface area (Å²) in [6.45, 7) is 0. The third-order valence-electron chi connectivity index (χ3n) is 8.49. The largest absolute Gasteiger partial charge is 0.436 e. The molecule has 0 fully saturated rings. The van der Waals surface area contributed by atoms with Crippen molar-refractivity contribution in [2.75, 3.05) is 4.90 Å². The van der Waals surface area contributed by atoms with Crippen LogP contribution in [-0.2, 0) is 0 Å². The lowest BCUT2D eigenvalue weighted by Crippen LogP contribution is -2.09. The van der Waals surface area contributed by atoms with E-state index in [-0.39, 0.29) is 0 Å². The summed E-state index contributed by atoms with van der Waals surface area (Å²) < 4.78 is 8.80. The molecular formula is C41H26N2OS. The summed E-state index contributed by atoms with van der Waals surface area (Å²) >= 11 is 1.87. The van der Waals surface area contributed by atoms with Gasteiger partial charge in [0, 0.05) is 48.2 Å².